The normalized spacial score (nSPS) is 17.8. The number of carbonyl (C=O) groups is 2. The van der Waals surface area contributed by atoms with Gasteiger partial charge in [-0.2, -0.15) is 5.26 Å². The highest BCUT2D eigenvalue weighted by molar-refractivity contribution is 5.90. The molecule has 1 rings (SSSR count). The molecule has 1 unspecified atom stereocenters. The Balaban J connectivity index is 2.40. The van der Waals surface area contributed by atoms with E-state index in [1.807, 2.05) is 6.07 Å². The molecule has 0 aliphatic heterocycles. The topological polar surface area (TPSA) is 79.2 Å². The fourth-order valence-corrected chi connectivity index (χ4v) is 2.84. The van der Waals surface area contributed by atoms with Gasteiger partial charge in [0.15, 0.2) is 0 Å². The molecule has 0 saturated heterocycles. The number of esters is 1. The monoisotopic (exact) mass is 322 g/mol. The summed E-state index contributed by atoms with van der Waals surface area (Å²) in [5.41, 5.74) is -1.72. The standard InChI is InChI=1S/C18H30N2O3/c1-3-4-5-6-10-13-16(21)23-18(2,14-19)17(22)20-15-11-8-7-9-12-15/h15H,3-13H2,1-2H3,(H,20,22). The molecule has 1 fully saturated rings. The quantitative estimate of drug-likeness (QED) is 0.519. The first-order chi connectivity index (χ1) is 11.0. The highest BCUT2D eigenvalue weighted by Crippen LogP contribution is 2.19. The molecule has 1 N–H and O–H groups in total. The van der Waals surface area contributed by atoms with E-state index < -0.39 is 17.5 Å². The van der Waals surface area contributed by atoms with Gasteiger partial charge in [-0.25, -0.2) is 0 Å². The molecule has 1 atom stereocenters. The number of rotatable bonds is 9. The van der Waals surface area contributed by atoms with Crippen LogP contribution < -0.4 is 5.32 Å². The fourth-order valence-electron chi connectivity index (χ4n) is 2.84. The van der Waals surface area contributed by atoms with Crippen molar-refractivity contribution in [1.82, 2.24) is 5.32 Å². The lowest BCUT2D eigenvalue weighted by atomic mass is 9.94. The minimum absolute atomic E-state index is 0.0941. The molecular weight excluding hydrogens is 292 g/mol. The Labute approximate surface area is 139 Å². The van der Waals surface area contributed by atoms with Crippen LogP contribution in [-0.4, -0.2) is 23.5 Å². The zero-order chi connectivity index (χ0) is 17.1. The number of hydrogen-bond acceptors (Lipinski definition) is 4. The Bertz CT molecular complexity index is 424. The fraction of sp³-hybridized carbons (Fsp3) is 0.833. The van der Waals surface area contributed by atoms with Crippen molar-refractivity contribution in [3.8, 4) is 6.07 Å². The van der Waals surface area contributed by atoms with Crippen LogP contribution in [0.4, 0.5) is 0 Å². The van der Waals surface area contributed by atoms with E-state index in [4.69, 9.17) is 4.74 Å². The minimum Gasteiger partial charge on any atom is -0.434 e. The molecule has 0 heterocycles. The SMILES string of the molecule is CCCCCCCC(=O)OC(C)(C#N)C(=O)NC1CCCCC1. The van der Waals surface area contributed by atoms with Crippen molar-refractivity contribution in [2.24, 2.45) is 0 Å². The summed E-state index contributed by atoms with van der Waals surface area (Å²) in [6.07, 6.45) is 10.6. The zero-order valence-corrected chi connectivity index (χ0v) is 14.5. The maximum Gasteiger partial charge on any atom is 0.307 e. The summed E-state index contributed by atoms with van der Waals surface area (Å²) in [5, 5.41) is 12.1. The average Bonchev–Trinajstić information content (AvgIpc) is 2.55. The Hall–Kier alpha value is -1.57. The maximum atomic E-state index is 12.3. The van der Waals surface area contributed by atoms with E-state index in [-0.39, 0.29) is 12.5 Å². The third-order valence-corrected chi connectivity index (χ3v) is 4.39. The Morgan fingerprint density at radius 2 is 1.83 bits per heavy atom. The van der Waals surface area contributed by atoms with Gasteiger partial charge in [0.2, 0.25) is 0 Å². The Morgan fingerprint density at radius 1 is 1.17 bits per heavy atom. The van der Waals surface area contributed by atoms with Gasteiger partial charge in [-0.05, 0) is 26.2 Å². The van der Waals surface area contributed by atoms with Crippen LogP contribution in [0.3, 0.4) is 0 Å². The third-order valence-electron chi connectivity index (χ3n) is 4.39. The molecule has 0 spiro atoms. The second kappa shape index (κ2) is 10.3. The molecule has 1 saturated carbocycles. The predicted molar refractivity (Wildman–Crippen MR) is 88.5 cm³/mol. The Morgan fingerprint density at radius 3 is 2.43 bits per heavy atom. The van der Waals surface area contributed by atoms with Crippen LogP contribution in [-0.2, 0) is 14.3 Å². The summed E-state index contributed by atoms with van der Waals surface area (Å²) in [6.45, 7) is 3.51. The van der Waals surface area contributed by atoms with Crippen LogP contribution in [0.1, 0.15) is 84.5 Å². The lowest BCUT2D eigenvalue weighted by molar-refractivity contribution is -0.161. The maximum absolute atomic E-state index is 12.3. The molecule has 130 valence electrons. The number of nitriles is 1. The van der Waals surface area contributed by atoms with Crippen molar-refractivity contribution < 1.29 is 14.3 Å². The van der Waals surface area contributed by atoms with Crippen molar-refractivity contribution >= 4 is 11.9 Å². The summed E-state index contributed by atoms with van der Waals surface area (Å²) in [4.78, 5) is 24.2. The highest BCUT2D eigenvalue weighted by Gasteiger charge is 2.38. The molecule has 0 aromatic heterocycles. The summed E-state index contributed by atoms with van der Waals surface area (Å²) >= 11 is 0. The summed E-state index contributed by atoms with van der Waals surface area (Å²) in [7, 11) is 0. The molecule has 5 heteroatoms. The molecule has 0 aromatic carbocycles. The molecule has 0 aromatic rings. The second-order valence-corrected chi connectivity index (χ2v) is 6.59. The van der Waals surface area contributed by atoms with E-state index in [2.05, 4.69) is 12.2 Å². The van der Waals surface area contributed by atoms with E-state index in [1.165, 1.54) is 13.3 Å². The van der Waals surface area contributed by atoms with Crippen LogP contribution >= 0.6 is 0 Å². The number of ether oxygens (including phenoxy) is 1. The first-order valence-corrected chi connectivity index (χ1v) is 8.96. The molecule has 23 heavy (non-hydrogen) atoms. The van der Waals surface area contributed by atoms with Crippen LogP contribution in [0.2, 0.25) is 0 Å². The van der Waals surface area contributed by atoms with Gasteiger partial charge in [-0.3, -0.25) is 9.59 Å². The Kier molecular flexibility index (Phi) is 8.68. The zero-order valence-electron chi connectivity index (χ0n) is 14.5. The van der Waals surface area contributed by atoms with Gasteiger partial charge >= 0.3 is 5.97 Å². The lowest BCUT2D eigenvalue weighted by Gasteiger charge is -2.27. The van der Waals surface area contributed by atoms with Crippen LogP contribution in [0.25, 0.3) is 0 Å². The van der Waals surface area contributed by atoms with Crippen LogP contribution in [0.5, 0.6) is 0 Å². The van der Waals surface area contributed by atoms with E-state index in [1.54, 1.807) is 0 Å². The van der Waals surface area contributed by atoms with Crippen molar-refractivity contribution in [2.45, 2.75) is 96.1 Å². The smallest absolute Gasteiger partial charge is 0.307 e. The molecule has 0 bridgehead atoms. The lowest BCUT2D eigenvalue weighted by Crippen LogP contribution is -2.50. The van der Waals surface area contributed by atoms with Crippen LogP contribution in [0.15, 0.2) is 0 Å². The van der Waals surface area contributed by atoms with Crippen LogP contribution in [0, 0.1) is 11.3 Å². The number of hydrogen-bond donors (Lipinski definition) is 1. The van der Waals surface area contributed by atoms with Gasteiger partial charge in [0.05, 0.1) is 0 Å². The number of nitrogens with zero attached hydrogens (tertiary/aromatic N) is 1. The number of nitrogens with one attached hydrogen (secondary N) is 1. The van der Waals surface area contributed by atoms with Crippen molar-refractivity contribution in [1.29, 1.82) is 5.26 Å². The van der Waals surface area contributed by atoms with Gasteiger partial charge in [-0.1, -0.05) is 51.9 Å². The third kappa shape index (κ3) is 7.02. The first kappa shape index (κ1) is 19.5. The van der Waals surface area contributed by atoms with Gasteiger partial charge in [0, 0.05) is 12.5 Å². The first-order valence-electron chi connectivity index (χ1n) is 8.96. The second-order valence-electron chi connectivity index (χ2n) is 6.59. The summed E-state index contributed by atoms with van der Waals surface area (Å²) in [6, 6.07) is 1.95. The summed E-state index contributed by atoms with van der Waals surface area (Å²) in [5.74, 6) is -0.962. The highest BCUT2D eigenvalue weighted by atomic mass is 16.6. The number of unbranched alkanes of at least 4 members (excludes halogenated alkanes) is 4. The molecule has 1 amide bonds. The van der Waals surface area contributed by atoms with E-state index in [9.17, 15) is 14.9 Å². The van der Waals surface area contributed by atoms with E-state index in [0.717, 1.165) is 57.8 Å². The van der Waals surface area contributed by atoms with Gasteiger partial charge in [0.25, 0.3) is 11.5 Å². The largest absolute Gasteiger partial charge is 0.434 e. The molecule has 0 radical (unpaired) electrons. The molecule has 5 nitrogen and oxygen atoms in total. The molecular formula is C18H30N2O3. The molecule has 1 aliphatic rings. The van der Waals surface area contributed by atoms with E-state index >= 15 is 0 Å². The average molecular weight is 322 g/mol. The van der Waals surface area contributed by atoms with Gasteiger partial charge in [0.1, 0.15) is 6.07 Å². The van der Waals surface area contributed by atoms with Crippen molar-refractivity contribution in [3.63, 3.8) is 0 Å². The minimum atomic E-state index is -1.72. The number of amides is 1. The molecule has 1 aliphatic carbocycles. The predicted octanol–water partition coefficient (Wildman–Crippen LogP) is 3.62. The van der Waals surface area contributed by atoms with Gasteiger partial charge < -0.3 is 10.1 Å². The number of carbonyl (C=O) groups excluding carboxylic acids is 2. The van der Waals surface area contributed by atoms with Crippen molar-refractivity contribution in [3.05, 3.63) is 0 Å². The van der Waals surface area contributed by atoms with Gasteiger partial charge in [-0.15, -0.1) is 0 Å². The summed E-state index contributed by atoms with van der Waals surface area (Å²) < 4.78 is 5.18. The van der Waals surface area contributed by atoms with Crippen molar-refractivity contribution in [2.75, 3.05) is 0 Å². The van der Waals surface area contributed by atoms with E-state index in [0.29, 0.717) is 0 Å².